The largest absolute Gasteiger partial charge is 0.478 e. The number of carbonyl (C=O) groups is 2. The molecule has 0 saturated heterocycles. The summed E-state index contributed by atoms with van der Waals surface area (Å²) < 4.78 is 0. The summed E-state index contributed by atoms with van der Waals surface area (Å²) in [5, 5.41) is 19.5. The van der Waals surface area contributed by atoms with Crippen LogP contribution in [0.4, 0.5) is 5.82 Å². The Morgan fingerprint density at radius 2 is 2.05 bits per heavy atom. The van der Waals surface area contributed by atoms with Crippen molar-refractivity contribution in [1.29, 1.82) is 0 Å². The van der Waals surface area contributed by atoms with Crippen LogP contribution >= 0.6 is 0 Å². The molecule has 108 valence electrons. The molecule has 2 rings (SSSR count). The number of carbonyl (C=O) groups excluding carboxylic acids is 1. The Morgan fingerprint density at radius 3 is 2.71 bits per heavy atom. The molecular weight excluding hydrogens is 272 g/mol. The van der Waals surface area contributed by atoms with Gasteiger partial charge in [0.05, 0.1) is 17.0 Å². The lowest BCUT2D eigenvalue weighted by atomic mass is 10.1. The van der Waals surface area contributed by atoms with E-state index in [9.17, 15) is 9.59 Å². The summed E-state index contributed by atoms with van der Waals surface area (Å²) in [6, 6.07) is 4.49. The average molecular weight is 286 g/mol. The molecule has 0 aliphatic rings. The Bertz CT molecular complexity index is 700. The Morgan fingerprint density at radius 1 is 1.29 bits per heavy atom. The molecule has 0 spiro atoms. The fraction of sp³-hybridized carbons (Fsp3) is 0.214. The number of nitrogens with one attached hydrogen (secondary N) is 1. The van der Waals surface area contributed by atoms with Crippen LogP contribution in [0.15, 0.2) is 24.4 Å². The molecule has 0 aliphatic heterocycles. The van der Waals surface area contributed by atoms with E-state index in [-0.39, 0.29) is 11.4 Å². The first-order valence-electron chi connectivity index (χ1n) is 6.35. The molecular formula is C14H14N4O3. The molecule has 2 aromatic heterocycles. The Labute approximate surface area is 121 Å². The lowest BCUT2D eigenvalue weighted by Crippen LogP contribution is -2.19. The van der Waals surface area contributed by atoms with Crippen molar-refractivity contribution in [2.45, 2.75) is 20.3 Å². The standard InChI is InChI=1S/C14H14N4O3/c1-3-11-10(7-8(2)17-18-11)13(19)16-12-9(14(20)21)5-4-6-15-12/h4-7H,3H2,1-2H3,(H,20,21)(H,15,16,19). The number of amides is 1. The molecule has 0 unspecified atom stereocenters. The highest BCUT2D eigenvalue weighted by atomic mass is 16.4. The Hall–Kier alpha value is -2.83. The van der Waals surface area contributed by atoms with Crippen LogP contribution in [-0.2, 0) is 6.42 Å². The van der Waals surface area contributed by atoms with Gasteiger partial charge in [0.25, 0.3) is 5.91 Å². The zero-order chi connectivity index (χ0) is 15.4. The minimum absolute atomic E-state index is 0.00604. The molecule has 0 fully saturated rings. The van der Waals surface area contributed by atoms with Gasteiger partial charge in [-0.1, -0.05) is 6.92 Å². The second-order valence-corrected chi connectivity index (χ2v) is 4.36. The first-order chi connectivity index (χ1) is 10.0. The summed E-state index contributed by atoms with van der Waals surface area (Å²) in [4.78, 5) is 27.3. The quantitative estimate of drug-likeness (QED) is 0.886. The SMILES string of the molecule is CCc1nnc(C)cc1C(=O)Nc1ncccc1C(=O)O. The second-order valence-electron chi connectivity index (χ2n) is 4.36. The van der Waals surface area contributed by atoms with E-state index in [1.807, 2.05) is 6.92 Å². The number of rotatable bonds is 4. The molecule has 2 aromatic rings. The van der Waals surface area contributed by atoms with Crippen molar-refractivity contribution in [3.8, 4) is 0 Å². The molecule has 0 bridgehead atoms. The molecule has 2 heterocycles. The number of aromatic nitrogens is 3. The molecule has 21 heavy (non-hydrogen) atoms. The lowest BCUT2D eigenvalue weighted by molar-refractivity contribution is 0.0697. The number of aromatic carboxylic acids is 1. The smallest absolute Gasteiger partial charge is 0.339 e. The highest BCUT2D eigenvalue weighted by Gasteiger charge is 2.17. The van der Waals surface area contributed by atoms with Crippen molar-refractivity contribution in [3.63, 3.8) is 0 Å². The third-order valence-corrected chi connectivity index (χ3v) is 2.84. The van der Waals surface area contributed by atoms with Gasteiger partial charge in [0.2, 0.25) is 0 Å². The van der Waals surface area contributed by atoms with Crippen molar-refractivity contribution < 1.29 is 14.7 Å². The van der Waals surface area contributed by atoms with Gasteiger partial charge in [0.1, 0.15) is 11.4 Å². The number of hydrogen-bond acceptors (Lipinski definition) is 5. The maximum absolute atomic E-state index is 12.3. The van der Waals surface area contributed by atoms with Crippen LogP contribution in [0.25, 0.3) is 0 Å². The Balaban J connectivity index is 2.35. The van der Waals surface area contributed by atoms with Crippen molar-refractivity contribution >= 4 is 17.7 Å². The minimum atomic E-state index is -1.15. The summed E-state index contributed by atoms with van der Waals surface area (Å²) in [6.45, 7) is 3.59. The first-order valence-corrected chi connectivity index (χ1v) is 6.35. The van der Waals surface area contributed by atoms with E-state index >= 15 is 0 Å². The summed E-state index contributed by atoms with van der Waals surface area (Å²) in [5.41, 5.74) is 1.46. The van der Waals surface area contributed by atoms with E-state index in [0.717, 1.165) is 0 Å². The predicted octanol–water partition coefficient (Wildman–Crippen LogP) is 1.69. The highest BCUT2D eigenvalue weighted by molar-refractivity contribution is 6.07. The number of carboxylic acid groups (broad SMARTS) is 1. The van der Waals surface area contributed by atoms with E-state index in [4.69, 9.17) is 5.11 Å². The van der Waals surface area contributed by atoms with Gasteiger partial charge < -0.3 is 10.4 Å². The average Bonchev–Trinajstić information content (AvgIpc) is 2.47. The van der Waals surface area contributed by atoms with E-state index < -0.39 is 11.9 Å². The first kappa shape index (κ1) is 14.6. The van der Waals surface area contributed by atoms with Crippen LogP contribution in [0, 0.1) is 6.92 Å². The van der Waals surface area contributed by atoms with Crippen LogP contribution in [0.2, 0.25) is 0 Å². The topological polar surface area (TPSA) is 105 Å². The van der Waals surface area contributed by atoms with Crippen LogP contribution in [-0.4, -0.2) is 32.2 Å². The second kappa shape index (κ2) is 6.08. The minimum Gasteiger partial charge on any atom is -0.478 e. The van der Waals surface area contributed by atoms with Gasteiger partial charge in [-0.2, -0.15) is 10.2 Å². The fourth-order valence-corrected chi connectivity index (χ4v) is 1.82. The summed E-state index contributed by atoms with van der Waals surface area (Å²) in [6.07, 6.45) is 1.96. The maximum atomic E-state index is 12.3. The maximum Gasteiger partial charge on any atom is 0.339 e. The van der Waals surface area contributed by atoms with E-state index in [1.54, 1.807) is 13.0 Å². The van der Waals surface area contributed by atoms with Crippen LogP contribution < -0.4 is 5.32 Å². The van der Waals surface area contributed by atoms with E-state index in [0.29, 0.717) is 23.4 Å². The van der Waals surface area contributed by atoms with Crippen LogP contribution in [0.5, 0.6) is 0 Å². The molecule has 0 saturated carbocycles. The number of pyridine rings is 1. The molecule has 1 amide bonds. The van der Waals surface area contributed by atoms with Gasteiger partial charge in [-0.15, -0.1) is 0 Å². The normalized spacial score (nSPS) is 10.2. The number of anilines is 1. The van der Waals surface area contributed by atoms with Crippen LogP contribution in [0.3, 0.4) is 0 Å². The van der Waals surface area contributed by atoms with Gasteiger partial charge in [-0.25, -0.2) is 9.78 Å². The Kier molecular flexibility index (Phi) is 4.22. The summed E-state index contributed by atoms with van der Waals surface area (Å²) >= 11 is 0. The van der Waals surface area contributed by atoms with Crippen molar-refractivity contribution in [2.24, 2.45) is 0 Å². The van der Waals surface area contributed by atoms with Crippen molar-refractivity contribution in [2.75, 3.05) is 5.32 Å². The number of hydrogen-bond donors (Lipinski definition) is 2. The van der Waals surface area contributed by atoms with Gasteiger partial charge in [-0.3, -0.25) is 4.79 Å². The molecule has 0 aromatic carbocycles. The summed E-state index contributed by atoms with van der Waals surface area (Å²) in [5.74, 6) is -1.60. The van der Waals surface area contributed by atoms with Crippen LogP contribution in [0.1, 0.15) is 39.0 Å². The molecule has 0 radical (unpaired) electrons. The fourth-order valence-electron chi connectivity index (χ4n) is 1.82. The zero-order valence-corrected chi connectivity index (χ0v) is 11.6. The molecule has 0 aliphatic carbocycles. The molecule has 7 heteroatoms. The number of nitrogens with zero attached hydrogens (tertiary/aromatic N) is 3. The molecule has 2 N–H and O–H groups in total. The summed E-state index contributed by atoms with van der Waals surface area (Å²) in [7, 11) is 0. The van der Waals surface area contributed by atoms with Gasteiger partial charge >= 0.3 is 5.97 Å². The monoisotopic (exact) mass is 286 g/mol. The van der Waals surface area contributed by atoms with E-state index in [2.05, 4.69) is 20.5 Å². The van der Waals surface area contributed by atoms with Crippen molar-refractivity contribution in [1.82, 2.24) is 15.2 Å². The molecule has 0 atom stereocenters. The number of aryl methyl sites for hydroxylation is 2. The third-order valence-electron chi connectivity index (χ3n) is 2.84. The zero-order valence-electron chi connectivity index (χ0n) is 11.6. The van der Waals surface area contributed by atoms with Gasteiger partial charge in [0.15, 0.2) is 0 Å². The van der Waals surface area contributed by atoms with Gasteiger partial charge in [-0.05, 0) is 31.5 Å². The molecule has 7 nitrogen and oxygen atoms in total. The van der Waals surface area contributed by atoms with Gasteiger partial charge in [0, 0.05) is 6.20 Å². The third kappa shape index (κ3) is 3.19. The lowest BCUT2D eigenvalue weighted by Gasteiger charge is -2.09. The number of carboxylic acids is 1. The van der Waals surface area contributed by atoms with Crippen molar-refractivity contribution in [3.05, 3.63) is 46.9 Å². The highest BCUT2D eigenvalue weighted by Crippen LogP contribution is 2.14. The van der Waals surface area contributed by atoms with E-state index in [1.165, 1.54) is 18.3 Å². The predicted molar refractivity (Wildman–Crippen MR) is 75.3 cm³/mol.